The lowest BCUT2D eigenvalue weighted by molar-refractivity contribution is 0.447. The number of benzene rings is 1. The van der Waals surface area contributed by atoms with Gasteiger partial charge >= 0.3 is 0 Å². The third-order valence-corrected chi connectivity index (χ3v) is 4.29. The maximum absolute atomic E-state index is 11.5. The third-order valence-electron chi connectivity index (χ3n) is 2.96. The summed E-state index contributed by atoms with van der Waals surface area (Å²) in [5, 5.41) is 0. The molecule has 0 aliphatic carbocycles. The second kappa shape index (κ2) is 6.91. The normalized spacial score (nSPS) is 11.3. The van der Waals surface area contributed by atoms with E-state index in [1.165, 1.54) is 23.9 Å². The van der Waals surface area contributed by atoms with Crippen LogP contribution in [-0.2, 0) is 15.5 Å². The standard InChI is InChI=1S/C15H16ClNO3S/c1-2-3-5-12-7-9-13(10-8-12)20-15-14(21(16,18)19)6-4-11-17-15/h4,6-11H,2-3,5H2,1H3. The van der Waals surface area contributed by atoms with Gasteiger partial charge in [-0.3, -0.25) is 0 Å². The molecule has 2 rings (SSSR count). The van der Waals surface area contributed by atoms with Gasteiger partial charge < -0.3 is 4.74 Å². The Balaban J connectivity index is 2.19. The minimum Gasteiger partial charge on any atom is -0.438 e. The fourth-order valence-corrected chi connectivity index (χ4v) is 2.75. The Hall–Kier alpha value is -1.59. The van der Waals surface area contributed by atoms with Gasteiger partial charge in [-0.2, -0.15) is 0 Å². The summed E-state index contributed by atoms with van der Waals surface area (Å²) in [6.07, 6.45) is 4.75. The molecule has 2 aromatic rings. The lowest BCUT2D eigenvalue weighted by Crippen LogP contribution is -1.98. The summed E-state index contributed by atoms with van der Waals surface area (Å²) in [5.41, 5.74) is 1.22. The number of unbranched alkanes of at least 4 members (excludes halogenated alkanes) is 1. The Labute approximate surface area is 129 Å². The SMILES string of the molecule is CCCCc1ccc(Oc2ncccc2S(=O)(=O)Cl)cc1. The van der Waals surface area contributed by atoms with Crippen molar-refractivity contribution in [1.82, 2.24) is 4.98 Å². The molecule has 0 bridgehead atoms. The Kier molecular flexibility index (Phi) is 5.20. The summed E-state index contributed by atoms with van der Waals surface area (Å²) < 4.78 is 28.4. The van der Waals surface area contributed by atoms with Crippen molar-refractivity contribution in [3.63, 3.8) is 0 Å². The zero-order chi connectivity index (χ0) is 15.3. The largest absolute Gasteiger partial charge is 0.438 e. The third kappa shape index (κ3) is 4.44. The van der Waals surface area contributed by atoms with Crippen molar-refractivity contribution < 1.29 is 13.2 Å². The molecule has 0 amide bonds. The van der Waals surface area contributed by atoms with E-state index in [4.69, 9.17) is 15.4 Å². The van der Waals surface area contributed by atoms with Gasteiger partial charge in [-0.25, -0.2) is 13.4 Å². The number of pyridine rings is 1. The number of aromatic nitrogens is 1. The van der Waals surface area contributed by atoms with Crippen LogP contribution in [0.25, 0.3) is 0 Å². The highest BCUT2D eigenvalue weighted by Gasteiger charge is 2.18. The van der Waals surface area contributed by atoms with Crippen LogP contribution in [0.1, 0.15) is 25.3 Å². The fourth-order valence-electron chi connectivity index (χ4n) is 1.85. The van der Waals surface area contributed by atoms with Gasteiger partial charge in [0.25, 0.3) is 9.05 Å². The van der Waals surface area contributed by atoms with Gasteiger partial charge in [0.05, 0.1) is 0 Å². The minimum atomic E-state index is -3.89. The molecule has 1 aromatic heterocycles. The van der Waals surface area contributed by atoms with Crippen molar-refractivity contribution >= 4 is 19.7 Å². The molecule has 0 aliphatic rings. The van der Waals surface area contributed by atoms with E-state index in [9.17, 15) is 8.42 Å². The zero-order valence-electron chi connectivity index (χ0n) is 11.6. The summed E-state index contributed by atoms with van der Waals surface area (Å²) in [6, 6.07) is 10.4. The Morgan fingerprint density at radius 2 is 1.90 bits per heavy atom. The van der Waals surface area contributed by atoms with Gasteiger partial charge in [0.15, 0.2) is 0 Å². The van der Waals surface area contributed by atoms with Gasteiger partial charge in [0, 0.05) is 16.9 Å². The number of aryl methyl sites for hydroxylation is 1. The first-order chi connectivity index (χ1) is 10.0. The monoisotopic (exact) mass is 325 g/mol. The van der Waals surface area contributed by atoms with Crippen LogP contribution < -0.4 is 4.74 Å². The van der Waals surface area contributed by atoms with Gasteiger partial charge in [-0.15, -0.1) is 0 Å². The average molecular weight is 326 g/mol. The molecule has 1 heterocycles. The van der Waals surface area contributed by atoms with Gasteiger partial charge in [-0.1, -0.05) is 25.5 Å². The molecular formula is C15H16ClNO3S. The van der Waals surface area contributed by atoms with Crippen LogP contribution in [0.2, 0.25) is 0 Å². The number of hydrogen-bond donors (Lipinski definition) is 0. The van der Waals surface area contributed by atoms with Gasteiger partial charge in [-0.05, 0) is 42.7 Å². The van der Waals surface area contributed by atoms with Crippen LogP contribution in [0, 0.1) is 0 Å². The Morgan fingerprint density at radius 3 is 2.52 bits per heavy atom. The van der Waals surface area contributed by atoms with E-state index in [0.717, 1.165) is 19.3 Å². The number of rotatable bonds is 6. The molecule has 0 unspecified atom stereocenters. The molecule has 0 atom stereocenters. The topological polar surface area (TPSA) is 56.3 Å². The Bertz CT molecular complexity index is 699. The van der Waals surface area contributed by atoms with E-state index in [1.54, 1.807) is 12.1 Å². The van der Waals surface area contributed by atoms with Crippen molar-refractivity contribution in [2.75, 3.05) is 0 Å². The van der Waals surface area contributed by atoms with Crippen molar-refractivity contribution in [1.29, 1.82) is 0 Å². The molecule has 0 aliphatic heterocycles. The molecule has 0 spiro atoms. The first-order valence-electron chi connectivity index (χ1n) is 6.67. The van der Waals surface area contributed by atoms with Gasteiger partial charge in [0.2, 0.25) is 5.88 Å². The molecule has 112 valence electrons. The number of hydrogen-bond acceptors (Lipinski definition) is 4. The summed E-state index contributed by atoms with van der Waals surface area (Å²) >= 11 is 0. The number of nitrogens with zero attached hydrogens (tertiary/aromatic N) is 1. The summed E-state index contributed by atoms with van der Waals surface area (Å²) in [6.45, 7) is 2.15. The van der Waals surface area contributed by atoms with Crippen LogP contribution in [0.4, 0.5) is 0 Å². The highest BCUT2D eigenvalue weighted by molar-refractivity contribution is 8.13. The molecule has 1 aromatic carbocycles. The Morgan fingerprint density at radius 1 is 1.19 bits per heavy atom. The van der Waals surface area contributed by atoms with Crippen molar-refractivity contribution in [2.24, 2.45) is 0 Å². The predicted molar refractivity (Wildman–Crippen MR) is 82.4 cm³/mol. The molecular weight excluding hydrogens is 310 g/mol. The molecule has 21 heavy (non-hydrogen) atoms. The van der Waals surface area contributed by atoms with E-state index >= 15 is 0 Å². The first-order valence-corrected chi connectivity index (χ1v) is 8.98. The molecule has 0 N–H and O–H groups in total. The first kappa shape index (κ1) is 15.8. The van der Waals surface area contributed by atoms with Crippen LogP contribution >= 0.6 is 10.7 Å². The molecule has 0 saturated carbocycles. The van der Waals surface area contributed by atoms with E-state index in [-0.39, 0.29) is 10.8 Å². The molecule has 0 saturated heterocycles. The van der Waals surface area contributed by atoms with Crippen molar-refractivity contribution in [2.45, 2.75) is 31.1 Å². The van der Waals surface area contributed by atoms with E-state index in [2.05, 4.69) is 11.9 Å². The van der Waals surface area contributed by atoms with Gasteiger partial charge in [0.1, 0.15) is 10.6 Å². The highest BCUT2D eigenvalue weighted by atomic mass is 35.7. The van der Waals surface area contributed by atoms with Crippen LogP contribution in [0.5, 0.6) is 11.6 Å². The maximum atomic E-state index is 11.5. The highest BCUT2D eigenvalue weighted by Crippen LogP contribution is 2.28. The molecule has 0 fully saturated rings. The van der Waals surface area contributed by atoms with E-state index in [1.807, 2.05) is 12.1 Å². The van der Waals surface area contributed by atoms with Crippen molar-refractivity contribution in [3.8, 4) is 11.6 Å². The summed E-state index contributed by atoms with van der Waals surface area (Å²) in [4.78, 5) is 3.79. The minimum absolute atomic E-state index is 0.0196. The van der Waals surface area contributed by atoms with Crippen molar-refractivity contribution in [3.05, 3.63) is 48.2 Å². The second-order valence-corrected chi connectivity index (χ2v) is 7.13. The predicted octanol–water partition coefficient (Wildman–Crippen LogP) is 4.14. The zero-order valence-corrected chi connectivity index (χ0v) is 13.2. The fraction of sp³-hybridized carbons (Fsp3) is 0.267. The molecule has 6 heteroatoms. The molecule has 4 nitrogen and oxygen atoms in total. The molecule has 0 radical (unpaired) electrons. The lowest BCUT2D eigenvalue weighted by atomic mass is 10.1. The van der Waals surface area contributed by atoms with E-state index in [0.29, 0.717) is 5.75 Å². The maximum Gasteiger partial charge on any atom is 0.266 e. The summed E-state index contributed by atoms with van der Waals surface area (Å²) in [7, 11) is 1.48. The number of halogens is 1. The van der Waals surface area contributed by atoms with Crippen LogP contribution in [-0.4, -0.2) is 13.4 Å². The second-order valence-electron chi connectivity index (χ2n) is 4.59. The smallest absolute Gasteiger partial charge is 0.266 e. The summed E-state index contributed by atoms with van der Waals surface area (Å²) in [5.74, 6) is 0.504. The lowest BCUT2D eigenvalue weighted by Gasteiger charge is -2.08. The average Bonchev–Trinajstić information content (AvgIpc) is 2.46. The van der Waals surface area contributed by atoms with Crippen LogP contribution in [0.3, 0.4) is 0 Å². The van der Waals surface area contributed by atoms with E-state index < -0.39 is 9.05 Å². The quantitative estimate of drug-likeness (QED) is 0.749. The van der Waals surface area contributed by atoms with Crippen LogP contribution in [0.15, 0.2) is 47.5 Å². The number of ether oxygens (including phenoxy) is 1.